The predicted molar refractivity (Wildman–Crippen MR) is 211 cm³/mol. The van der Waals surface area contributed by atoms with Gasteiger partial charge >= 0.3 is 0 Å². The van der Waals surface area contributed by atoms with Crippen LogP contribution in [0.25, 0.3) is 6.08 Å². The molecule has 1 aliphatic heterocycles. The maximum Gasteiger partial charge on any atom is 0.276 e. The Bertz CT molecular complexity index is 1840. The van der Waals surface area contributed by atoms with Crippen molar-refractivity contribution in [2.75, 3.05) is 19.8 Å². The topological polar surface area (TPSA) is 74.1 Å². The second kappa shape index (κ2) is 17.2. The molecule has 0 saturated carbocycles. The molecule has 0 N–H and O–H groups in total. The van der Waals surface area contributed by atoms with Crippen molar-refractivity contribution in [2.24, 2.45) is 0 Å². The number of benzene rings is 5. The average Bonchev–Trinajstić information content (AvgIpc) is 3.16. The molecule has 1 heterocycles. The number of nitro benzene ring substituents is 1. The molecule has 0 unspecified atom stereocenters. The fourth-order valence-corrected chi connectivity index (χ4v) is 11.8. The highest BCUT2D eigenvalue weighted by Gasteiger charge is 2.51. The van der Waals surface area contributed by atoms with E-state index in [1.165, 1.54) is 22.0 Å². The van der Waals surface area contributed by atoms with Crippen LogP contribution in [0, 0.1) is 10.1 Å². The quantitative estimate of drug-likeness (QED) is 0.0660. The Morgan fingerprint density at radius 1 is 0.769 bits per heavy atom. The van der Waals surface area contributed by atoms with Gasteiger partial charge in [-0.3, -0.25) is 15.0 Å². The van der Waals surface area contributed by atoms with E-state index in [9.17, 15) is 10.1 Å². The van der Waals surface area contributed by atoms with Gasteiger partial charge in [-0.2, -0.15) is 0 Å². The minimum absolute atomic E-state index is 0.0643. The lowest BCUT2D eigenvalue weighted by molar-refractivity contribution is -0.385. The van der Waals surface area contributed by atoms with Crippen LogP contribution in [0.15, 0.2) is 152 Å². The Balaban J connectivity index is 1.38. The first-order chi connectivity index (χ1) is 25.2. The predicted octanol–water partition coefficient (Wildman–Crippen LogP) is 8.04. The van der Waals surface area contributed by atoms with E-state index in [-0.39, 0.29) is 33.9 Å². The number of morpholine rings is 1. The molecule has 5 aromatic rings. The third kappa shape index (κ3) is 8.84. The van der Waals surface area contributed by atoms with Gasteiger partial charge in [-0.05, 0) is 38.7 Å². The molecular weight excluding hydrogens is 665 g/mol. The van der Waals surface area contributed by atoms with E-state index in [4.69, 9.17) is 13.9 Å². The van der Waals surface area contributed by atoms with Crippen LogP contribution in [-0.2, 0) is 27.1 Å². The first-order valence-corrected chi connectivity index (χ1v) is 19.9. The summed E-state index contributed by atoms with van der Waals surface area (Å²) in [6.07, 6.45) is 3.06. The van der Waals surface area contributed by atoms with Crippen molar-refractivity contribution in [3.8, 4) is 0 Å². The molecular formula is C44H48N2O5Si. The first-order valence-electron chi connectivity index (χ1n) is 18.0. The summed E-state index contributed by atoms with van der Waals surface area (Å²) in [5.74, 6) is 0. The summed E-state index contributed by atoms with van der Waals surface area (Å²) < 4.78 is 20.9. The van der Waals surface area contributed by atoms with Gasteiger partial charge in [0.25, 0.3) is 14.0 Å². The molecule has 1 fully saturated rings. The van der Waals surface area contributed by atoms with Gasteiger partial charge in [-0.25, -0.2) is 0 Å². The van der Waals surface area contributed by atoms with Gasteiger partial charge in [0.2, 0.25) is 0 Å². The first kappa shape index (κ1) is 37.1. The molecule has 1 saturated heterocycles. The number of hydrogen-bond donors (Lipinski definition) is 0. The minimum atomic E-state index is -2.89. The highest BCUT2D eigenvalue weighted by molar-refractivity contribution is 6.99. The van der Waals surface area contributed by atoms with Crippen molar-refractivity contribution >= 4 is 30.5 Å². The number of rotatable bonds is 14. The number of ether oxygens (including phenoxy) is 2. The molecule has 268 valence electrons. The van der Waals surface area contributed by atoms with Gasteiger partial charge in [0.15, 0.2) is 0 Å². The van der Waals surface area contributed by atoms with Crippen molar-refractivity contribution in [3.63, 3.8) is 0 Å². The summed E-state index contributed by atoms with van der Waals surface area (Å²) in [5, 5.41) is 14.0. The van der Waals surface area contributed by atoms with Crippen molar-refractivity contribution < 1.29 is 18.8 Å². The smallest absolute Gasteiger partial charge is 0.276 e. The van der Waals surface area contributed by atoms with Crippen LogP contribution in [0.4, 0.5) is 5.69 Å². The molecule has 0 radical (unpaired) electrons. The Hall–Kier alpha value is -4.70. The van der Waals surface area contributed by atoms with E-state index >= 15 is 0 Å². The van der Waals surface area contributed by atoms with Crippen LogP contribution in [0.2, 0.25) is 5.04 Å². The van der Waals surface area contributed by atoms with Gasteiger partial charge < -0.3 is 13.9 Å². The van der Waals surface area contributed by atoms with Crippen LogP contribution >= 0.6 is 0 Å². The molecule has 7 nitrogen and oxygen atoms in total. The number of para-hydroxylation sites is 1. The lowest BCUT2D eigenvalue weighted by Gasteiger charge is -2.47. The summed E-state index contributed by atoms with van der Waals surface area (Å²) in [4.78, 5) is 13.9. The zero-order valence-corrected chi connectivity index (χ0v) is 31.2. The summed E-state index contributed by atoms with van der Waals surface area (Å²) in [6, 6.07) is 48.6. The Morgan fingerprint density at radius 3 is 1.88 bits per heavy atom. The molecule has 52 heavy (non-hydrogen) atoms. The van der Waals surface area contributed by atoms with E-state index in [0.717, 1.165) is 5.56 Å². The molecule has 0 bridgehead atoms. The largest absolute Gasteiger partial charge is 0.405 e. The SMILES string of the molecule is CC(C)(C)[Si](OC[C@H]1O[C@H](/C=C/c2ccccc2[N+](=O)[O-])CN(Cc2ccccc2)[C@@H]1COCc1ccccc1)(c1ccccc1)c1ccccc1. The molecule has 0 spiro atoms. The standard InChI is InChI=1S/C44H48N2O5Si/c1-44(2,3)52(39-23-12-6-13-24-39,40-25-14-7-15-26-40)50-34-43-42(33-49-32-36-20-10-5-11-21-36)45(30-35-18-8-4-9-19-35)31-38(51-43)29-28-37-22-16-17-27-41(37)46(47)48/h4-29,38,42-43H,30-34H2,1-3H3/b29-28+/t38-,42-,43-/m1/s1. The lowest BCUT2D eigenvalue weighted by atomic mass is 10.0. The zero-order valence-electron chi connectivity index (χ0n) is 30.2. The third-order valence-corrected chi connectivity index (χ3v) is 14.8. The van der Waals surface area contributed by atoms with Crippen molar-refractivity contribution in [1.29, 1.82) is 0 Å². The van der Waals surface area contributed by atoms with E-state index in [2.05, 4.69) is 123 Å². The molecule has 1 aliphatic rings. The molecule has 3 atom stereocenters. The van der Waals surface area contributed by atoms with Crippen molar-refractivity contribution in [1.82, 2.24) is 4.90 Å². The van der Waals surface area contributed by atoms with Gasteiger partial charge in [-0.15, -0.1) is 0 Å². The van der Waals surface area contributed by atoms with E-state index in [0.29, 0.717) is 38.5 Å². The van der Waals surface area contributed by atoms with Crippen LogP contribution in [0.5, 0.6) is 0 Å². The molecule has 8 heteroatoms. The normalized spacial score (nSPS) is 18.4. The Kier molecular flexibility index (Phi) is 12.3. The number of nitro groups is 1. The summed E-state index contributed by atoms with van der Waals surface area (Å²) in [5.41, 5.74) is 2.90. The van der Waals surface area contributed by atoms with Crippen molar-refractivity contribution in [3.05, 3.63) is 178 Å². The summed E-state index contributed by atoms with van der Waals surface area (Å²) in [6.45, 7) is 9.38. The molecule has 5 aromatic carbocycles. The van der Waals surface area contributed by atoms with Gasteiger partial charge in [0, 0.05) is 19.2 Å². The van der Waals surface area contributed by atoms with Crippen LogP contribution in [0.1, 0.15) is 37.5 Å². The highest BCUT2D eigenvalue weighted by Crippen LogP contribution is 2.37. The third-order valence-electron chi connectivity index (χ3n) is 9.80. The van der Waals surface area contributed by atoms with Gasteiger partial charge in [0.1, 0.15) is 0 Å². The van der Waals surface area contributed by atoms with Crippen molar-refractivity contribution in [2.45, 2.75) is 57.2 Å². The second-order valence-corrected chi connectivity index (χ2v) is 18.7. The van der Waals surface area contributed by atoms with Gasteiger partial charge in [0.05, 0.1) is 48.6 Å². The average molecular weight is 713 g/mol. The fraction of sp³-hybridized carbons (Fsp3) is 0.273. The van der Waals surface area contributed by atoms with Crippen LogP contribution in [-0.4, -0.2) is 56.1 Å². The van der Waals surface area contributed by atoms with Crippen LogP contribution < -0.4 is 10.4 Å². The molecule has 0 aliphatic carbocycles. The van der Waals surface area contributed by atoms with E-state index in [1.54, 1.807) is 12.1 Å². The maximum atomic E-state index is 11.8. The van der Waals surface area contributed by atoms with E-state index < -0.39 is 8.32 Å². The Morgan fingerprint density at radius 2 is 1.31 bits per heavy atom. The Labute approximate surface area is 308 Å². The zero-order chi connectivity index (χ0) is 36.4. The number of nitrogens with zero attached hydrogens (tertiary/aromatic N) is 2. The summed E-state index contributed by atoms with van der Waals surface area (Å²) >= 11 is 0. The van der Waals surface area contributed by atoms with Crippen LogP contribution in [0.3, 0.4) is 0 Å². The molecule has 0 amide bonds. The summed E-state index contributed by atoms with van der Waals surface area (Å²) in [7, 11) is -2.89. The van der Waals surface area contributed by atoms with Gasteiger partial charge in [-0.1, -0.05) is 160 Å². The van der Waals surface area contributed by atoms with E-state index in [1.807, 2.05) is 42.5 Å². The number of hydrogen-bond acceptors (Lipinski definition) is 6. The maximum absolute atomic E-state index is 11.8. The second-order valence-electron chi connectivity index (χ2n) is 14.3. The highest BCUT2D eigenvalue weighted by atomic mass is 28.4. The monoisotopic (exact) mass is 712 g/mol. The fourth-order valence-electron chi connectivity index (χ4n) is 7.28. The molecule has 0 aromatic heterocycles. The lowest BCUT2D eigenvalue weighted by Crippen LogP contribution is -2.68. The molecule has 6 rings (SSSR count). The minimum Gasteiger partial charge on any atom is -0.405 e.